The van der Waals surface area contributed by atoms with E-state index in [1.807, 2.05) is 0 Å². The maximum absolute atomic E-state index is 11.8. The van der Waals surface area contributed by atoms with Gasteiger partial charge in [-0.05, 0) is 19.0 Å². The van der Waals surface area contributed by atoms with Gasteiger partial charge in [0.2, 0.25) is 0 Å². The molecule has 1 aromatic rings. The minimum Gasteiger partial charge on any atom is -0.397 e. The second-order valence-electron chi connectivity index (χ2n) is 4.57. The van der Waals surface area contributed by atoms with E-state index in [2.05, 4.69) is 15.2 Å². The fourth-order valence-electron chi connectivity index (χ4n) is 2.01. The van der Waals surface area contributed by atoms with Crippen molar-refractivity contribution in [1.29, 1.82) is 0 Å². The Kier molecular flexibility index (Phi) is 5.11. The lowest BCUT2D eigenvalue weighted by atomic mass is 10.2. The number of nitrogens with two attached hydrogens (primary N) is 1. The standard InChI is InChI=1S/C13H20N4O2/c14-12-8-11(9-15-10-12)13(18)16-2-1-3-17-4-6-19-7-5-17/h8-10H,1-7,14H2,(H,16,18). The van der Waals surface area contributed by atoms with Gasteiger partial charge >= 0.3 is 0 Å². The summed E-state index contributed by atoms with van der Waals surface area (Å²) >= 11 is 0. The Bertz CT molecular complexity index is 419. The van der Waals surface area contributed by atoms with Gasteiger partial charge < -0.3 is 15.8 Å². The lowest BCUT2D eigenvalue weighted by molar-refractivity contribution is 0.0374. The number of anilines is 1. The highest BCUT2D eigenvalue weighted by atomic mass is 16.5. The fourth-order valence-corrected chi connectivity index (χ4v) is 2.01. The molecule has 0 aliphatic carbocycles. The van der Waals surface area contributed by atoms with Gasteiger partial charge in [-0.2, -0.15) is 0 Å². The van der Waals surface area contributed by atoms with Crippen molar-refractivity contribution in [1.82, 2.24) is 15.2 Å². The minimum absolute atomic E-state index is 0.123. The van der Waals surface area contributed by atoms with Crippen LogP contribution in [0.25, 0.3) is 0 Å². The van der Waals surface area contributed by atoms with Crippen LogP contribution in [0.4, 0.5) is 5.69 Å². The summed E-state index contributed by atoms with van der Waals surface area (Å²) in [5.74, 6) is -0.123. The highest BCUT2D eigenvalue weighted by Crippen LogP contribution is 2.03. The molecule has 1 aliphatic rings. The smallest absolute Gasteiger partial charge is 0.252 e. The first-order valence-corrected chi connectivity index (χ1v) is 6.54. The molecule has 2 heterocycles. The number of nitrogens with zero attached hydrogens (tertiary/aromatic N) is 2. The zero-order chi connectivity index (χ0) is 13.5. The monoisotopic (exact) mass is 264 g/mol. The maximum Gasteiger partial charge on any atom is 0.252 e. The van der Waals surface area contributed by atoms with Crippen molar-refractivity contribution in [2.75, 3.05) is 45.1 Å². The van der Waals surface area contributed by atoms with Gasteiger partial charge in [-0.3, -0.25) is 14.7 Å². The Morgan fingerprint density at radius 1 is 1.42 bits per heavy atom. The number of hydrogen-bond acceptors (Lipinski definition) is 5. The number of amides is 1. The molecule has 6 heteroatoms. The van der Waals surface area contributed by atoms with Crippen LogP contribution in [0.1, 0.15) is 16.8 Å². The molecule has 1 saturated heterocycles. The van der Waals surface area contributed by atoms with Crippen LogP contribution in [0, 0.1) is 0 Å². The SMILES string of the molecule is Nc1cncc(C(=O)NCCCN2CCOCC2)c1. The number of morpholine rings is 1. The molecule has 2 rings (SSSR count). The van der Waals surface area contributed by atoms with Crippen LogP contribution in [0.3, 0.4) is 0 Å². The number of carbonyl (C=O) groups is 1. The highest BCUT2D eigenvalue weighted by molar-refractivity contribution is 5.94. The molecule has 1 aromatic heterocycles. The number of nitrogens with one attached hydrogen (secondary N) is 1. The van der Waals surface area contributed by atoms with E-state index < -0.39 is 0 Å². The normalized spacial score (nSPS) is 16.2. The largest absolute Gasteiger partial charge is 0.397 e. The third-order valence-corrected chi connectivity index (χ3v) is 3.06. The molecule has 0 saturated carbocycles. The van der Waals surface area contributed by atoms with Gasteiger partial charge in [-0.15, -0.1) is 0 Å². The Morgan fingerprint density at radius 3 is 2.95 bits per heavy atom. The quantitative estimate of drug-likeness (QED) is 0.738. The molecule has 0 atom stereocenters. The molecule has 1 fully saturated rings. The van der Waals surface area contributed by atoms with E-state index >= 15 is 0 Å². The van der Waals surface area contributed by atoms with Gasteiger partial charge in [0.15, 0.2) is 0 Å². The molecule has 19 heavy (non-hydrogen) atoms. The van der Waals surface area contributed by atoms with E-state index in [9.17, 15) is 4.79 Å². The molecule has 1 aliphatic heterocycles. The van der Waals surface area contributed by atoms with Gasteiger partial charge in [-0.25, -0.2) is 0 Å². The van der Waals surface area contributed by atoms with Crippen molar-refractivity contribution in [2.45, 2.75) is 6.42 Å². The summed E-state index contributed by atoms with van der Waals surface area (Å²) in [7, 11) is 0. The minimum atomic E-state index is -0.123. The molecule has 0 unspecified atom stereocenters. The van der Waals surface area contributed by atoms with Gasteiger partial charge in [0, 0.05) is 32.0 Å². The summed E-state index contributed by atoms with van der Waals surface area (Å²) in [5.41, 5.74) is 6.59. The zero-order valence-corrected chi connectivity index (χ0v) is 11.0. The van der Waals surface area contributed by atoms with Crippen LogP contribution in [0.5, 0.6) is 0 Å². The van der Waals surface area contributed by atoms with E-state index in [-0.39, 0.29) is 5.91 Å². The van der Waals surface area contributed by atoms with Gasteiger partial charge in [-0.1, -0.05) is 0 Å². The Labute approximate surface area is 112 Å². The van der Waals surface area contributed by atoms with Crippen molar-refractivity contribution >= 4 is 11.6 Å². The fraction of sp³-hybridized carbons (Fsp3) is 0.538. The first-order chi connectivity index (χ1) is 9.25. The van der Waals surface area contributed by atoms with E-state index in [4.69, 9.17) is 10.5 Å². The van der Waals surface area contributed by atoms with Crippen LogP contribution in [-0.4, -0.2) is 55.2 Å². The first kappa shape index (κ1) is 13.8. The third-order valence-electron chi connectivity index (χ3n) is 3.06. The summed E-state index contributed by atoms with van der Waals surface area (Å²) in [6, 6.07) is 1.63. The summed E-state index contributed by atoms with van der Waals surface area (Å²) < 4.78 is 5.28. The van der Waals surface area contributed by atoms with Crippen LogP contribution < -0.4 is 11.1 Å². The van der Waals surface area contributed by atoms with Crippen molar-refractivity contribution in [3.8, 4) is 0 Å². The topological polar surface area (TPSA) is 80.5 Å². The second kappa shape index (κ2) is 7.06. The molecule has 104 valence electrons. The van der Waals surface area contributed by atoms with E-state index in [0.29, 0.717) is 17.8 Å². The molecule has 0 bridgehead atoms. The maximum atomic E-state index is 11.8. The molecule has 0 spiro atoms. The molecule has 0 radical (unpaired) electrons. The summed E-state index contributed by atoms with van der Waals surface area (Å²) in [4.78, 5) is 18.1. The van der Waals surface area contributed by atoms with E-state index in [1.165, 1.54) is 12.4 Å². The van der Waals surface area contributed by atoms with Crippen molar-refractivity contribution < 1.29 is 9.53 Å². The lowest BCUT2D eigenvalue weighted by Crippen LogP contribution is -2.38. The number of pyridine rings is 1. The summed E-state index contributed by atoms with van der Waals surface area (Å²) in [5, 5.41) is 2.87. The Hall–Kier alpha value is -1.66. The predicted molar refractivity (Wildman–Crippen MR) is 72.9 cm³/mol. The van der Waals surface area contributed by atoms with E-state index in [0.717, 1.165) is 39.3 Å². The van der Waals surface area contributed by atoms with Crippen molar-refractivity contribution in [3.05, 3.63) is 24.0 Å². The number of ether oxygens (including phenoxy) is 1. The summed E-state index contributed by atoms with van der Waals surface area (Å²) in [6.07, 6.45) is 3.98. The third kappa shape index (κ3) is 4.50. The van der Waals surface area contributed by atoms with Crippen LogP contribution in [0.15, 0.2) is 18.5 Å². The highest BCUT2D eigenvalue weighted by Gasteiger charge is 2.10. The van der Waals surface area contributed by atoms with Crippen molar-refractivity contribution in [3.63, 3.8) is 0 Å². The molecule has 6 nitrogen and oxygen atoms in total. The molecule has 3 N–H and O–H groups in total. The average Bonchev–Trinajstić information content (AvgIpc) is 2.44. The number of rotatable bonds is 5. The lowest BCUT2D eigenvalue weighted by Gasteiger charge is -2.26. The second-order valence-corrected chi connectivity index (χ2v) is 4.57. The Morgan fingerprint density at radius 2 is 2.21 bits per heavy atom. The number of hydrogen-bond donors (Lipinski definition) is 2. The van der Waals surface area contributed by atoms with Crippen molar-refractivity contribution in [2.24, 2.45) is 0 Å². The van der Waals surface area contributed by atoms with Crippen LogP contribution in [-0.2, 0) is 4.74 Å². The van der Waals surface area contributed by atoms with Gasteiger partial charge in [0.25, 0.3) is 5.91 Å². The number of nitrogen functional groups attached to an aromatic ring is 1. The molecule has 0 aromatic carbocycles. The predicted octanol–water partition coefficient (Wildman–Crippen LogP) is 0.116. The van der Waals surface area contributed by atoms with Crippen LogP contribution >= 0.6 is 0 Å². The molecular formula is C13H20N4O2. The summed E-state index contributed by atoms with van der Waals surface area (Å²) in [6.45, 7) is 5.21. The first-order valence-electron chi connectivity index (χ1n) is 6.54. The average molecular weight is 264 g/mol. The Balaban J connectivity index is 1.66. The van der Waals surface area contributed by atoms with Gasteiger partial charge in [0.1, 0.15) is 0 Å². The number of aromatic nitrogens is 1. The number of carbonyl (C=O) groups excluding carboxylic acids is 1. The van der Waals surface area contributed by atoms with E-state index in [1.54, 1.807) is 6.07 Å². The molecule has 1 amide bonds. The van der Waals surface area contributed by atoms with Crippen LogP contribution in [0.2, 0.25) is 0 Å². The zero-order valence-electron chi connectivity index (χ0n) is 11.0. The van der Waals surface area contributed by atoms with Gasteiger partial charge in [0.05, 0.1) is 24.5 Å². The molecular weight excluding hydrogens is 244 g/mol.